The first-order valence-corrected chi connectivity index (χ1v) is 5.04. The highest BCUT2D eigenvalue weighted by atomic mass is 19.4. The molecule has 1 atom stereocenters. The normalized spacial score (nSPS) is 22.2. The second kappa shape index (κ2) is 5.34. The molecule has 0 aromatic heterocycles. The summed E-state index contributed by atoms with van der Waals surface area (Å²) < 4.78 is 41.0. The van der Waals surface area contributed by atoms with Gasteiger partial charge >= 0.3 is 6.18 Å². The summed E-state index contributed by atoms with van der Waals surface area (Å²) in [4.78, 5) is 10.6. The highest BCUT2D eigenvalue weighted by Gasteiger charge is 2.36. The molecular formula is C10H14F3NO2. The lowest BCUT2D eigenvalue weighted by Gasteiger charge is -2.12. The monoisotopic (exact) mass is 237 g/mol. The molecule has 0 bridgehead atoms. The van der Waals surface area contributed by atoms with Gasteiger partial charge in [0.05, 0.1) is 6.10 Å². The molecule has 0 radical (unpaired) electrons. The van der Waals surface area contributed by atoms with Crippen LogP contribution in [0.3, 0.4) is 0 Å². The maximum absolute atomic E-state index is 11.9. The van der Waals surface area contributed by atoms with Crippen molar-refractivity contribution >= 4 is 5.78 Å². The number of halogens is 3. The Morgan fingerprint density at radius 2 is 2.25 bits per heavy atom. The fourth-order valence-corrected chi connectivity index (χ4v) is 1.41. The summed E-state index contributed by atoms with van der Waals surface area (Å²) in [5.74, 6) is -1.84. The van der Waals surface area contributed by atoms with E-state index >= 15 is 0 Å². The molecule has 1 aliphatic rings. The average Bonchev–Trinajstić information content (AvgIpc) is 2.65. The van der Waals surface area contributed by atoms with Gasteiger partial charge in [-0.1, -0.05) is 0 Å². The Morgan fingerprint density at radius 1 is 1.56 bits per heavy atom. The number of alkyl halides is 3. The van der Waals surface area contributed by atoms with E-state index in [1.807, 2.05) is 0 Å². The van der Waals surface area contributed by atoms with Crippen molar-refractivity contribution in [1.29, 1.82) is 0 Å². The summed E-state index contributed by atoms with van der Waals surface area (Å²) in [6, 6.07) is 0. The van der Waals surface area contributed by atoms with Crippen molar-refractivity contribution in [2.45, 2.75) is 32.0 Å². The van der Waals surface area contributed by atoms with Gasteiger partial charge in [-0.3, -0.25) is 4.79 Å². The lowest BCUT2D eigenvalue weighted by Crippen LogP contribution is -2.27. The van der Waals surface area contributed by atoms with Crippen molar-refractivity contribution in [2.75, 3.05) is 13.2 Å². The van der Waals surface area contributed by atoms with E-state index in [2.05, 4.69) is 5.32 Å². The third-order valence-electron chi connectivity index (χ3n) is 2.26. The van der Waals surface area contributed by atoms with E-state index in [-0.39, 0.29) is 11.8 Å². The molecule has 6 heteroatoms. The van der Waals surface area contributed by atoms with Crippen LogP contribution in [0.2, 0.25) is 0 Å². The van der Waals surface area contributed by atoms with Crippen molar-refractivity contribution in [3.63, 3.8) is 0 Å². The molecule has 1 heterocycles. The second-order valence-corrected chi connectivity index (χ2v) is 3.71. The third kappa shape index (κ3) is 4.22. The molecule has 0 aromatic rings. The Bertz CT molecular complexity index is 280. The van der Waals surface area contributed by atoms with Gasteiger partial charge in [-0.05, 0) is 19.8 Å². The Hall–Kier alpha value is -1.04. The SMILES string of the molecule is C/C(=C\C(=O)C(F)(F)F)NC[C@H]1CCCO1. The van der Waals surface area contributed by atoms with Gasteiger partial charge in [-0.15, -0.1) is 0 Å². The highest BCUT2D eigenvalue weighted by Crippen LogP contribution is 2.17. The molecule has 1 aliphatic heterocycles. The topological polar surface area (TPSA) is 38.3 Å². The van der Waals surface area contributed by atoms with Gasteiger partial charge in [0.25, 0.3) is 5.78 Å². The zero-order valence-corrected chi connectivity index (χ0v) is 8.93. The number of rotatable bonds is 4. The molecule has 1 saturated heterocycles. The minimum atomic E-state index is -4.80. The van der Waals surface area contributed by atoms with Gasteiger partial charge in [0.2, 0.25) is 0 Å². The van der Waals surface area contributed by atoms with Crippen molar-refractivity contribution in [1.82, 2.24) is 5.32 Å². The second-order valence-electron chi connectivity index (χ2n) is 3.71. The van der Waals surface area contributed by atoms with Crippen LogP contribution >= 0.6 is 0 Å². The minimum Gasteiger partial charge on any atom is -0.386 e. The standard InChI is InChI=1S/C10H14F3NO2/c1-7(5-9(15)10(11,12)13)14-6-8-3-2-4-16-8/h5,8,14H,2-4,6H2,1H3/b7-5+/t8-/m1/s1. The van der Waals surface area contributed by atoms with E-state index in [9.17, 15) is 18.0 Å². The molecule has 1 fully saturated rings. The summed E-state index contributed by atoms with van der Waals surface area (Å²) in [6.07, 6.45) is -2.34. The molecule has 1 rings (SSSR count). The van der Waals surface area contributed by atoms with Gasteiger partial charge in [-0.25, -0.2) is 0 Å². The lowest BCUT2D eigenvalue weighted by atomic mass is 10.2. The van der Waals surface area contributed by atoms with Gasteiger partial charge < -0.3 is 10.1 Å². The van der Waals surface area contributed by atoms with Crippen LogP contribution in [-0.2, 0) is 9.53 Å². The van der Waals surface area contributed by atoms with E-state index in [0.29, 0.717) is 19.2 Å². The number of ether oxygens (including phenoxy) is 1. The maximum atomic E-state index is 11.9. The molecule has 16 heavy (non-hydrogen) atoms. The van der Waals surface area contributed by atoms with E-state index in [0.717, 1.165) is 12.8 Å². The maximum Gasteiger partial charge on any atom is 0.454 e. The summed E-state index contributed by atoms with van der Waals surface area (Å²) >= 11 is 0. The predicted octanol–water partition coefficient (Wildman–Crippen LogP) is 1.79. The molecule has 3 nitrogen and oxygen atoms in total. The van der Waals surface area contributed by atoms with Crippen molar-refractivity contribution < 1.29 is 22.7 Å². The van der Waals surface area contributed by atoms with Crippen LogP contribution < -0.4 is 5.32 Å². The summed E-state index contributed by atoms with van der Waals surface area (Å²) in [5, 5.41) is 2.74. The molecule has 0 spiro atoms. The van der Waals surface area contributed by atoms with Gasteiger partial charge in [-0.2, -0.15) is 13.2 Å². The molecule has 0 aliphatic carbocycles. The van der Waals surface area contributed by atoms with Crippen LogP contribution in [-0.4, -0.2) is 31.2 Å². The van der Waals surface area contributed by atoms with E-state index in [1.54, 1.807) is 0 Å². The fraction of sp³-hybridized carbons (Fsp3) is 0.700. The van der Waals surface area contributed by atoms with Crippen molar-refractivity contribution in [3.05, 3.63) is 11.8 Å². The smallest absolute Gasteiger partial charge is 0.386 e. The Labute approximate surface area is 91.6 Å². The number of hydrogen-bond acceptors (Lipinski definition) is 3. The molecule has 0 saturated carbocycles. The van der Waals surface area contributed by atoms with Gasteiger partial charge in [0, 0.05) is 24.9 Å². The van der Waals surface area contributed by atoms with Crippen molar-refractivity contribution in [3.8, 4) is 0 Å². The number of allylic oxidation sites excluding steroid dienone is 2. The number of nitrogens with one attached hydrogen (secondary N) is 1. The van der Waals surface area contributed by atoms with Gasteiger partial charge in [0.1, 0.15) is 0 Å². The van der Waals surface area contributed by atoms with Crippen molar-refractivity contribution in [2.24, 2.45) is 0 Å². The molecular weight excluding hydrogens is 223 g/mol. The van der Waals surface area contributed by atoms with Crippen LogP contribution in [0.5, 0.6) is 0 Å². The van der Waals surface area contributed by atoms with Crippen LogP contribution in [0.1, 0.15) is 19.8 Å². The van der Waals surface area contributed by atoms with E-state index in [1.165, 1.54) is 6.92 Å². The van der Waals surface area contributed by atoms with Crippen LogP contribution in [0.4, 0.5) is 13.2 Å². The quantitative estimate of drug-likeness (QED) is 0.757. The number of carbonyl (C=O) groups is 1. The van der Waals surface area contributed by atoms with Crippen LogP contribution in [0.15, 0.2) is 11.8 Å². The lowest BCUT2D eigenvalue weighted by molar-refractivity contribution is -0.165. The third-order valence-corrected chi connectivity index (χ3v) is 2.26. The highest BCUT2D eigenvalue weighted by molar-refractivity contribution is 5.94. The average molecular weight is 237 g/mol. The number of ketones is 1. The first kappa shape index (κ1) is 13.0. The minimum absolute atomic E-state index is 0.0318. The molecule has 0 aromatic carbocycles. The van der Waals surface area contributed by atoms with E-state index < -0.39 is 12.0 Å². The first-order chi connectivity index (χ1) is 7.39. The fourth-order valence-electron chi connectivity index (χ4n) is 1.41. The Kier molecular flexibility index (Phi) is 4.35. The molecule has 0 unspecified atom stereocenters. The zero-order chi connectivity index (χ0) is 12.2. The van der Waals surface area contributed by atoms with E-state index in [4.69, 9.17) is 4.74 Å². The molecule has 92 valence electrons. The number of hydrogen-bond donors (Lipinski definition) is 1. The first-order valence-electron chi connectivity index (χ1n) is 5.04. The predicted molar refractivity (Wildman–Crippen MR) is 51.8 cm³/mol. The summed E-state index contributed by atoms with van der Waals surface area (Å²) in [7, 11) is 0. The van der Waals surface area contributed by atoms with Crippen LogP contribution in [0.25, 0.3) is 0 Å². The number of carbonyl (C=O) groups excluding carboxylic acids is 1. The zero-order valence-electron chi connectivity index (χ0n) is 8.93. The summed E-state index contributed by atoms with van der Waals surface area (Å²) in [6.45, 7) is 2.56. The Balaban J connectivity index is 2.36. The Morgan fingerprint density at radius 3 is 2.75 bits per heavy atom. The molecule has 1 N–H and O–H groups in total. The van der Waals surface area contributed by atoms with Crippen LogP contribution in [0, 0.1) is 0 Å². The summed E-state index contributed by atoms with van der Waals surface area (Å²) in [5.41, 5.74) is 0.206. The largest absolute Gasteiger partial charge is 0.454 e. The molecule has 0 amide bonds. The van der Waals surface area contributed by atoms with Gasteiger partial charge in [0.15, 0.2) is 0 Å².